The second-order valence-electron chi connectivity index (χ2n) is 20.8. The van der Waals surface area contributed by atoms with Crippen LogP contribution in [-0.4, -0.2) is 93.3 Å². The summed E-state index contributed by atoms with van der Waals surface area (Å²) in [5.41, 5.74) is 1.97. The van der Waals surface area contributed by atoms with Crippen molar-refractivity contribution < 1.29 is 57.1 Å². The maximum atomic E-state index is 13.2. The minimum Gasteiger partial charge on any atom is -0.465 e. The standard InChI is InChI=1S/C62H106N2O12/c1-5-9-13-17-20-23-30-44-70-57(65)34-26-24-27-35-58(66)73-50-53-47-54(51-74-59(67)37-36-56(33-25-16-12-8-4)76-62(69)63-40-43-64-41-28-29-42-64)49-55(48-53)52-75-60(68)38-39-61(71-45-31-21-18-14-10-6-2)72-46-32-22-19-15-11-7-3/h20,23,47-49,56,61H,5-19,21-22,24-46,50-52H2,1-4H3,(H,63,69)/b23-20-. The molecule has 1 aliphatic heterocycles. The smallest absolute Gasteiger partial charge is 0.407 e. The summed E-state index contributed by atoms with van der Waals surface area (Å²) in [6, 6.07) is 5.47. The van der Waals surface area contributed by atoms with Gasteiger partial charge < -0.3 is 43.4 Å². The summed E-state index contributed by atoms with van der Waals surface area (Å²) in [5, 5.41) is 2.89. The second kappa shape index (κ2) is 48.1. The quantitative estimate of drug-likeness (QED) is 0.0216. The number of nitrogens with zero attached hydrogens (tertiary/aromatic N) is 1. The van der Waals surface area contributed by atoms with Crippen LogP contribution in [0.2, 0.25) is 0 Å². The van der Waals surface area contributed by atoms with Crippen molar-refractivity contribution in [2.75, 3.05) is 46.0 Å². The molecular weight excluding hydrogens is 965 g/mol. The number of likely N-dealkylation sites (tertiary alicyclic amines) is 1. The zero-order valence-corrected chi connectivity index (χ0v) is 48.3. The molecule has 0 spiro atoms. The van der Waals surface area contributed by atoms with E-state index in [1.807, 2.05) is 18.2 Å². The van der Waals surface area contributed by atoms with Crippen LogP contribution in [-0.2, 0) is 72.2 Å². The van der Waals surface area contributed by atoms with Crippen LogP contribution in [0.25, 0.3) is 0 Å². The van der Waals surface area contributed by atoms with Crippen LogP contribution in [0.3, 0.4) is 0 Å². The number of hydrogen-bond acceptors (Lipinski definition) is 13. The van der Waals surface area contributed by atoms with Gasteiger partial charge in [-0.15, -0.1) is 0 Å². The highest BCUT2D eigenvalue weighted by Crippen LogP contribution is 2.19. The number of benzene rings is 1. The number of ether oxygens (including phenoxy) is 7. The van der Waals surface area contributed by atoms with E-state index in [9.17, 15) is 24.0 Å². The summed E-state index contributed by atoms with van der Waals surface area (Å²) < 4.78 is 40.7. The van der Waals surface area contributed by atoms with Crippen molar-refractivity contribution in [3.8, 4) is 0 Å². The maximum absolute atomic E-state index is 13.2. The lowest BCUT2D eigenvalue weighted by Gasteiger charge is -2.19. The summed E-state index contributed by atoms with van der Waals surface area (Å²) >= 11 is 0. The molecule has 0 bridgehead atoms. The third-order valence-electron chi connectivity index (χ3n) is 13.7. The fourth-order valence-electron chi connectivity index (χ4n) is 9.07. The highest BCUT2D eigenvalue weighted by Gasteiger charge is 2.19. The van der Waals surface area contributed by atoms with E-state index in [4.69, 9.17) is 33.2 Å². The number of unbranched alkanes of at least 4 members (excludes halogenated alkanes) is 18. The van der Waals surface area contributed by atoms with Crippen molar-refractivity contribution in [2.45, 2.75) is 272 Å². The van der Waals surface area contributed by atoms with Crippen LogP contribution in [0, 0.1) is 0 Å². The van der Waals surface area contributed by atoms with Gasteiger partial charge in [-0.25, -0.2) is 4.79 Å². The number of alkyl carbamates (subject to hydrolysis) is 1. The van der Waals surface area contributed by atoms with Crippen molar-refractivity contribution in [1.29, 1.82) is 0 Å². The number of nitrogens with one attached hydrogen (secondary N) is 1. The predicted octanol–water partition coefficient (Wildman–Crippen LogP) is 14.6. The largest absolute Gasteiger partial charge is 0.465 e. The van der Waals surface area contributed by atoms with Gasteiger partial charge in [-0.05, 0) is 125 Å². The van der Waals surface area contributed by atoms with Gasteiger partial charge in [0.1, 0.15) is 25.9 Å². The first-order valence-corrected chi connectivity index (χ1v) is 30.4. The Morgan fingerprint density at radius 1 is 0.487 bits per heavy atom. The van der Waals surface area contributed by atoms with Crippen molar-refractivity contribution >= 4 is 30.0 Å². The first-order valence-electron chi connectivity index (χ1n) is 30.4. The van der Waals surface area contributed by atoms with Crippen molar-refractivity contribution in [3.05, 3.63) is 47.0 Å². The normalized spacial score (nSPS) is 13.1. The van der Waals surface area contributed by atoms with Crippen molar-refractivity contribution in [3.63, 3.8) is 0 Å². The molecule has 0 saturated carbocycles. The molecule has 76 heavy (non-hydrogen) atoms. The summed E-state index contributed by atoms with van der Waals surface area (Å²) in [7, 11) is 0. The Labute approximate surface area is 460 Å². The van der Waals surface area contributed by atoms with E-state index in [2.05, 4.69) is 50.1 Å². The number of carbonyl (C=O) groups excluding carboxylic acids is 5. The number of carbonyl (C=O) groups is 5. The number of rotatable bonds is 50. The Kier molecular flexibility index (Phi) is 43.1. The first-order chi connectivity index (χ1) is 37.1. The van der Waals surface area contributed by atoms with Gasteiger partial charge in [0.05, 0.1) is 13.0 Å². The average molecular weight is 1070 g/mol. The molecule has 14 nitrogen and oxygen atoms in total. The molecule has 1 atom stereocenters. The molecule has 1 aromatic rings. The Balaban J connectivity index is 2.01. The van der Waals surface area contributed by atoms with Crippen LogP contribution in [0.15, 0.2) is 30.4 Å². The van der Waals surface area contributed by atoms with E-state index in [-0.39, 0.29) is 57.0 Å². The lowest BCUT2D eigenvalue weighted by Crippen LogP contribution is -2.35. The van der Waals surface area contributed by atoms with Crippen LogP contribution >= 0.6 is 0 Å². The Morgan fingerprint density at radius 2 is 0.934 bits per heavy atom. The van der Waals surface area contributed by atoms with E-state index in [1.165, 1.54) is 83.5 Å². The predicted molar refractivity (Wildman–Crippen MR) is 301 cm³/mol. The molecule has 1 N–H and O–H groups in total. The number of esters is 4. The van der Waals surface area contributed by atoms with Gasteiger partial charge in [0.25, 0.3) is 0 Å². The Morgan fingerprint density at radius 3 is 1.49 bits per heavy atom. The van der Waals surface area contributed by atoms with Crippen molar-refractivity contribution in [2.24, 2.45) is 0 Å². The van der Waals surface area contributed by atoms with E-state index in [0.29, 0.717) is 94.4 Å². The molecule has 1 heterocycles. The molecular formula is C62H106N2O12. The van der Waals surface area contributed by atoms with Crippen LogP contribution < -0.4 is 5.32 Å². The molecule has 0 aliphatic carbocycles. The number of allylic oxidation sites excluding steroid dienone is 1. The SMILES string of the molecule is CCCCC/C=C\CCOC(=O)CCCCCC(=O)OCc1cc(COC(=O)CCC(CCCCCC)OC(=O)NCCN2CCCC2)cc(COC(=O)CCC(OCCCCCCCC)OCCCCCCCC)c1. The molecule has 0 radical (unpaired) electrons. The fraction of sp³-hybridized carbons (Fsp3) is 0.790. The van der Waals surface area contributed by atoms with E-state index < -0.39 is 24.5 Å². The summed E-state index contributed by atoms with van der Waals surface area (Å²) in [5.74, 6) is -1.40. The van der Waals surface area contributed by atoms with Crippen LogP contribution in [0.5, 0.6) is 0 Å². The fourth-order valence-corrected chi connectivity index (χ4v) is 9.07. The summed E-state index contributed by atoms with van der Waals surface area (Å²) in [6.07, 6.45) is 32.6. The first kappa shape index (κ1) is 68.1. The van der Waals surface area contributed by atoms with Gasteiger partial charge in [-0.2, -0.15) is 0 Å². The monoisotopic (exact) mass is 1070 g/mol. The molecule has 2 rings (SSSR count). The van der Waals surface area contributed by atoms with Crippen LogP contribution in [0.1, 0.15) is 256 Å². The van der Waals surface area contributed by atoms with Crippen molar-refractivity contribution in [1.82, 2.24) is 10.2 Å². The van der Waals surface area contributed by atoms with Gasteiger partial charge in [0.15, 0.2) is 6.29 Å². The molecule has 14 heteroatoms. The zero-order valence-electron chi connectivity index (χ0n) is 48.3. The zero-order chi connectivity index (χ0) is 54.9. The number of hydrogen-bond donors (Lipinski definition) is 1. The third-order valence-corrected chi connectivity index (χ3v) is 13.7. The van der Waals surface area contributed by atoms with Gasteiger partial charge >= 0.3 is 30.0 Å². The van der Waals surface area contributed by atoms with E-state index >= 15 is 0 Å². The molecule has 1 amide bonds. The molecule has 1 aliphatic rings. The maximum Gasteiger partial charge on any atom is 0.407 e. The number of amides is 1. The molecule has 1 fully saturated rings. The molecule has 1 saturated heterocycles. The molecule has 436 valence electrons. The van der Waals surface area contributed by atoms with Crippen LogP contribution in [0.4, 0.5) is 4.79 Å². The summed E-state index contributed by atoms with van der Waals surface area (Å²) in [4.78, 5) is 66.6. The molecule has 1 unspecified atom stereocenters. The topological polar surface area (TPSA) is 165 Å². The van der Waals surface area contributed by atoms with Gasteiger partial charge in [0, 0.05) is 52.0 Å². The van der Waals surface area contributed by atoms with Gasteiger partial charge in [0.2, 0.25) is 0 Å². The minimum absolute atomic E-state index is 0.0222. The lowest BCUT2D eigenvalue weighted by atomic mass is 10.1. The lowest BCUT2D eigenvalue weighted by molar-refractivity contribution is -0.160. The highest BCUT2D eigenvalue weighted by molar-refractivity contribution is 5.71. The summed E-state index contributed by atoms with van der Waals surface area (Å²) in [6.45, 7) is 13.6. The Hall–Kier alpha value is -4.01. The Bertz CT molecular complexity index is 1650. The third kappa shape index (κ3) is 39.4. The van der Waals surface area contributed by atoms with Gasteiger partial charge in [-0.1, -0.05) is 143 Å². The molecule has 1 aromatic carbocycles. The van der Waals surface area contributed by atoms with E-state index in [0.717, 1.165) is 77.4 Å². The van der Waals surface area contributed by atoms with E-state index in [1.54, 1.807) is 0 Å². The minimum atomic E-state index is -0.485. The second-order valence-corrected chi connectivity index (χ2v) is 20.8. The highest BCUT2D eigenvalue weighted by atomic mass is 16.7. The average Bonchev–Trinajstić information content (AvgIpc) is 3.94. The molecule has 0 aromatic heterocycles. The van der Waals surface area contributed by atoms with Gasteiger partial charge in [-0.3, -0.25) is 19.2 Å².